The maximum absolute atomic E-state index is 5.30. The van der Waals surface area contributed by atoms with Gasteiger partial charge in [0.05, 0.1) is 6.61 Å². The van der Waals surface area contributed by atoms with Gasteiger partial charge in [-0.2, -0.15) is 0 Å². The topological polar surface area (TPSA) is 24.5 Å². The average Bonchev–Trinajstić information content (AvgIpc) is 2.27. The van der Waals surface area contributed by atoms with Crippen LogP contribution in [0.15, 0.2) is 0 Å². The second kappa shape index (κ2) is 9.76. The summed E-state index contributed by atoms with van der Waals surface area (Å²) in [5.74, 6) is 1.37. The number of hydrogen-bond donors (Lipinski definition) is 1. The van der Waals surface area contributed by atoms with E-state index < -0.39 is 0 Å². The van der Waals surface area contributed by atoms with Crippen molar-refractivity contribution >= 4 is 0 Å². The number of hydrogen-bond acceptors (Lipinski definition) is 3. The molecule has 0 radical (unpaired) electrons. The Labute approximate surface area is 114 Å². The van der Waals surface area contributed by atoms with Crippen LogP contribution in [-0.4, -0.2) is 50.3 Å². The van der Waals surface area contributed by atoms with Crippen molar-refractivity contribution in [3.63, 3.8) is 0 Å². The molecule has 0 saturated carbocycles. The monoisotopic (exact) mass is 258 g/mol. The van der Waals surface area contributed by atoms with Crippen LogP contribution in [0.2, 0.25) is 0 Å². The van der Waals surface area contributed by atoms with Crippen LogP contribution in [0.4, 0.5) is 0 Å². The van der Waals surface area contributed by atoms with Gasteiger partial charge in [0.2, 0.25) is 0 Å². The van der Waals surface area contributed by atoms with Gasteiger partial charge in [-0.1, -0.05) is 34.6 Å². The minimum atomic E-state index is 0.480. The Hall–Kier alpha value is -0.120. The van der Waals surface area contributed by atoms with E-state index in [1.54, 1.807) is 7.11 Å². The highest BCUT2D eigenvalue weighted by atomic mass is 16.5. The molecule has 3 heteroatoms. The van der Waals surface area contributed by atoms with E-state index in [4.69, 9.17) is 4.74 Å². The fraction of sp³-hybridized carbons (Fsp3) is 1.00. The standard InChI is InChI=1S/C15H34N2O/c1-8-17(14(6)11-18-7)15(13(4)5)10-16-9-12(2)3/h12-16H,8-11H2,1-7H3. The van der Waals surface area contributed by atoms with Crippen molar-refractivity contribution in [1.29, 1.82) is 0 Å². The summed E-state index contributed by atoms with van der Waals surface area (Å²) in [6, 6.07) is 1.06. The summed E-state index contributed by atoms with van der Waals surface area (Å²) in [7, 11) is 1.78. The first-order chi connectivity index (χ1) is 8.43. The highest BCUT2D eigenvalue weighted by Crippen LogP contribution is 2.14. The third kappa shape index (κ3) is 6.72. The first-order valence-corrected chi connectivity index (χ1v) is 7.39. The van der Waals surface area contributed by atoms with Crippen LogP contribution in [0.5, 0.6) is 0 Å². The highest BCUT2D eigenvalue weighted by Gasteiger charge is 2.24. The van der Waals surface area contributed by atoms with Gasteiger partial charge in [-0.3, -0.25) is 4.90 Å². The van der Waals surface area contributed by atoms with Gasteiger partial charge in [-0.15, -0.1) is 0 Å². The molecule has 0 aliphatic carbocycles. The van der Waals surface area contributed by atoms with Crippen LogP contribution in [0, 0.1) is 11.8 Å². The van der Waals surface area contributed by atoms with E-state index in [-0.39, 0.29) is 0 Å². The molecule has 0 aliphatic heterocycles. The summed E-state index contributed by atoms with van der Waals surface area (Å²) in [5, 5.41) is 3.60. The van der Waals surface area contributed by atoms with Gasteiger partial charge in [0, 0.05) is 25.7 Å². The number of nitrogens with one attached hydrogen (secondary N) is 1. The zero-order valence-electron chi connectivity index (χ0n) is 13.5. The Bertz CT molecular complexity index is 195. The summed E-state index contributed by atoms with van der Waals surface area (Å²) in [4.78, 5) is 2.56. The lowest BCUT2D eigenvalue weighted by Gasteiger charge is -2.38. The van der Waals surface area contributed by atoms with Gasteiger partial charge in [-0.05, 0) is 31.8 Å². The Morgan fingerprint density at radius 2 is 1.67 bits per heavy atom. The molecule has 2 unspecified atom stereocenters. The fourth-order valence-corrected chi connectivity index (χ4v) is 2.47. The van der Waals surface area contributed by atoms with Crippen molar-refractivity contribution in [3.05, 3.63) is 0 Å². The van der Waals surface area contributed by atoms with E-state index >= 15 is 0 Å². The molecular formula is C15H34N2O. The van der Waals surface area contributed by atoms with E-state index in [1.807, 2.05) is 0 Å². The molecule has 0 aliphatic rings. The molecule has 110 valence electrons. The number of methoxy groups -OCH3 is 1. The minimum absolute atomic E-state index is 0.480. The van der Waals surface area contributed by atoms with Crippen molar-refractivity contribution in [3.8, 4) is 0 Å². The molecule has 0 amide bonds. The average molecular weight is 258 g/mol. The predicted octanol–water partition coefficient (Wildman–Crippen LogP) is 2.61. The van der Waals surface area contributed by atoms with Gasteiger partial charge in [-0.25, -0.2) is 0 Å². The molecule has 0 aromatic carbocycles. The number of rotatable bonds is 10. The molecule has 0 heterocycles. The highest BCUT2D eigenvalue weighted by molar-refractivity contribution is 4.80. The third-order valence-corrected chi connectivity index (χ3v) is 3.44. The Kier molecular flexibility index (Phi) is 9.70. The molecule has 18 heavy (non-hydrogen) atoms. The molecule has 0 saturated heterocycles. The molecule has 1 N–H and O–H groups in total. The van der Waals surface area contributed by atoms with Crippen LogP contribution in [0.3, 0.4) is 0 Å². The van der Waals surface area contributed by atoms with Crippen molar-refractivity contribution < 1.29 is 4.74 Å². The van der Waals surface area contributed by atoms with Crippen molar-refractivity contribution in [2.24, 2.45) is 11.8 Å². The second-order valence-electron chi connectivity index (χ2n) is 6.00. The summed E-state index contributed by atoms with van der Waals surface area (Å²) in [6.45, 7) is 17.7. The van der Waals surface area contributed by atoms with E-state index in [0.717, 1.165) is 26.2 Å². The van der Waals surface area contributed by atoms with Crippen molar-refractivity contribution in [1.82, 2.24) is 10.2 Å². The van der Waals surface area contributed by atoms with Crippen LogP contribution < -0.4 is 5.32 Å². The van der Waals surface area contributed by atoms with Crippen LogP contribution in [0.25, 0.3) is 0 Å². The minimum Gasteiger partial charge on any atom is -0.383 e. The zero-order chi connectivity index (χ0) is 14.1. The second-order valence-corrected chi connectivity index (χ2v) is 6.00. The number of likely N-dealkylation sites (N-methyl/N-ethyl adjacent to an activating group) is 1. The van der Waals surface area contributed by atoms with E-state index in [9.17, 15) is 0 Å². The van der Waals surface area contributed by atoms with Gasteiger partial charge in [0.1, 0.15) is 0 Å². The fourth-order valence-electron chi connectivity index (χ4n) is 2.47. The molecule has 0 rings (SSSR count). The van der Waals surface area contributed by atoms with Gasteiger partial charge in [0.15, 0.2) is 0 Å². The Morgan fingerprint density at radius 3 is 2.06 bits per heavy atom. The smallest absolute Gasteiger partial charge is 0.0615 e. The largest absolute Gasteiger partial charge is 0.383 e. The quantitative estimate of drug-likeness (QED) is 0.652. The molecule has 0 fully saturated rings. The lowest BCUT2D eigenvalue weighted by Crippen LogP contribution is -2.51. The molecule has 0 aromatic heterocycles. The van der Waals surface area contributed by atoms with Crippen LogP contribution >= 0.6 is 0 Å². The molecule has 3 nitrogen and oxygen atoms in total. The molecular weight excluding hydrogens is 224 g/mol. The first-order valence-electron chi connectivity index (χ1n) is 7.39. The maximum atomic E-state index is 5.30. The third-order valence-electron chi connectivity index (χ3n) is 3.44. The number of nitrogens with zero attached hydrogens (tertiary/aromatic N) is 1. The predicted molar refractivity (Wildman–Crippen MR) is 80.1 cm³/mol. The van der Waals surface area contributed by atoms with Crippen LogP contribution in [-0.2, 0) is 4.74 Å². The lowest BCUT2D eigenvalue weighted by atomic mass is 10.0. The van der Waals surface area contributed by atoms with Crippen molar-refractivity contribution in [2.45, 2.75) is 53.6 Å². The zero-order valence-corrected chi connectivity index (χ0v) is 13.5. The van der Waals surface area contributed by atoms with Crippen LogP contribution in [0.1, 0.15) is 41.5 Å². The Morgan fingerprint density at radius 1 is 1.06 bits per heavy atom. The van der Waals surface area contributed by atoms with Gasteiger partial charge >= 0.3 is 0 Å². The van der Waals surface area contributed by atoms with Gasteiger partial charge in [0.25, 0.3) is 0 Å². The lowest BCUT2D eigenvalue weighted by molar-refractivity contribution is 0.0563. The summed E-state index contributed by atoms with van der Waals surface area (Å²) in [5.41, 5.74) is 0. The maximum Gasteiger partial charge on any atom is 0.0615 e. The molecule has 2 atom stereocenters. The first kappa shape index (κ1) is 17.9. The molecule has 0 aromatic rings. The molecule has 0 bridgehead atoms. The summed E-state index contributed by atoms with van der Waals surface area (Å²) < 4.78 is 5.30. The molecule has 0 spiro atoms. The van der Waals surface area contributed by atoms with Gasteiger partial charge < -0.3 is 10.1 Å². The van der Waals surface area contributed by atoms with E-state index in [0.29, 0.717) is 23.9 Å². The van der Waals surface area contributed by atoms with E-state index in [2.05, 4.69) is 51.8 Å². The summed E-state index contributed by atoms with van der Waals surface area (Å²) >= 11 is 0. The normalized spacial score (nSPS) is 15.7. The Balaban J connectivity index is 4.43. The van der Waals surface area contributed by atoms with Crippen molar-refractivity contribution in [2.75, 3.05) is 33.4 Å². The summed E-state index contributed by atoms with van der Waals surface area (Å²) in [6.07, 6.45) is 0. The number of ether oxygens (including phenoxy) is 1. The van der Waals surface area contributed by atoms with E-state index in [1.165, 1.54) is 0 Å². The SMILES string of the molecule is CCN(C(C)COC)C(CNCC(C)C)C(C)C.